The smallest absolute Gasteiger partial charge is 0.0343 e. The van der Waals surface area contributed by atoms with Gasteiger partial charge in [-0.2, -0.15) is 0 Å². The zero-order valence-corrected chi connectivity index (χ0v) is 10.8. The Morgan fingerprint density at radius 3 is 2.78 bits per heavy atom. The maximum absolute atomic E-state index is 4.22. The third-order valence-corrected chi connectivity index (χ3v) is 3.84. The van der Waals surface area contributed by atoms with Crippen molar-refractivity contribution in [3.8, 4) is 0 Å². The monoisotopic (exact) mass is 240 g/mol. The van der Waals surface area contributed by atoms with Crippen molar-refractivity contribution in [3.63, 3.8) is 0 Å². The largest absolute Gasteiger partial charge is 0.372 e. The van der Waals surface area contributed by atoms with Crippen LogP contribution in [0.1, 0.15) is 37.7 Å². The van der Waals surface area contributed by atoms with E-state index in [0.29, 0.717) is 0 Å². The molecule has 0 spiro atoms. The van der Waals surface area contributed by atoms with E-state index < -0.39 is 0 Å². The van der Waals surface area contributed by atoms with Gasteiger partial charge in [0.25, 0.3) is 0 Å². The SMILES string of the molecule is C1=C(c2cccnc2)CCC=C1N1CCCCC1. The fraction of sp³-hybridized carbons (Fsp3) is 0.438. The molecule has 18 heavy (non-hydrogen) atoms. The van der Waals surface area contributed by atoms with Crippen LogP contribution in [0.4, 0.5) is 0 Å². The summed E-state index contributed by atoms with van der Waals surface area (Å²) in [7, 11) is 0. The van der Waals surface area contributed by atoms with Gasteiger partial charge in [-0.15, -0.1) is 0 Å². The summed E-state index contributed by atoms with van der Waals surface area (Å²) in [6.07, 6.45) is 15.0. The van der Waals surface area contributed by atoms with Gasteiger partial charge in [-0.05, 0) is 55.4 Å². The Morgan fingerprint density at radius 1 is 1.11 bits per heavy atom. The Balaban J connectivity index is 1.80. The molecular weight excluding hydrogens is 220 g/mol. The van der Waals surface area contributed by atoms with Crippen LogP contribution in [0.5, 0.6) is 0 Å². The first-order valence-corrected chi connectivity index (χ1v) is 6.99. The molecule has 94 valence electrons. The van der Waals surface area contributed by atoms with Crippen LogP contribution in [-0.4, -0.2) is 23.0 Å². The molecule has 1 aliphatic heterocycles. The molecule has 1 aromatic heterocycles. The molecule has 0 aromatic carbocycles. The van der Waals surface area contributed by atoms with E-state index >= 15 is 0 Å². The lowest BCUT2D eigenvalue weighted by molar-refractivity contribution is 0.292. The molecule has 0 radical (unpaired) electrons. The Bertz CT molecular complexity index is 453. The molecule has 0 bridgehead atoms. The van der Waals surface area contributed by atoms with Gasteiger partial charge in [0.15, 0.2) is 0 Å². The number of pyridine rings is 1. The molecule has 2 nitrogen and oxygen atoms in total. The predicted octanol–water partition coefficient (Wildman–Crippen LogP) is 3.63. The zero-order valence-electron chi connectivity index (χ0n) is 10.8. The highest BCUT2D eigenvalue weighted by molar-refractivity contribution is 5.68. The minimum atomic E-state index is 1.14. The van der Waals surface area contributed by atoms with Gasteiger partial charge in [0.05, 0.1) is 0 Å². The number of nitrogens with zero attached hydrogens (tertiary/aromatic N) is 2. The van der Waals surface area contributed by atoms with E-state index in [1.807, 2.05) is 18.5 Å². The molecule has 0 unspecified atom stereocenters. The number of hydrogen-bond donors (Lipinski definition) is 0. The van der Waals surface area contributed by atoms with Crippen LogP contribution in [0, 0.1) is 0 Å². The van der Waals surface area contributed by atoms with Gasteiger partial charge in [0.1, 0.15) is 0 Å². The lowest BCUT2D eigenvalue weighted by atomic mass is 9.96. The predicted molar refractivity (Wildman–Crippen MR) is 75.0 cm³/mol. The van der Waals surface area contributed by atoms with E-state index in [-0.39, 0.29) is 0 Å². The van der Waals surface area contributed by atoms with Crippen molar-refractivity contribution in [2.45, 2.75) is 32.1 Å². The average Bonchev–Trinajstić information content (AvgIpc) is 2.49. The van der Waals surface area contributed by atoms with E-state index in [2.05, 4.69) is 28.1 Å². The maximum Gasteiger partial charge on any atom is 0.0343 e. The van der Waals surface area contributed by atoms with Gasteiger partial charge in [-0.3, -0.25) is 4.98 Å². The number of likely N-dealkylation sites (tertiary alicyclic amines) is 1. The maximum atomic E-state index is 4.22. The minimum absolute atomic E-state index is 1.14. The molecule has 2 aliphatic rings. The molecule has 0 saturated carbocycles. The molecule has 1 aliphatic carbocycles. The summed E-state index contributed by atoms with van der Waals surface area (Å²) in [4.78, 5) is 6.76. The summed E-state index contributed by atoms with van der Waals surface area (Å²) in [5.41, 5.74) is 4.14. The quantitative estimate of drug-likeness (QED) is 0.784. The van der Waals surface area contributed by atoms with E-state index in [4.69, 9.17) is 0 Å². The molecule has 0 amide bonds. The van der Waals surface area contributed by atoms with Crippen LogP contribution in [-0.2, 0) is 0 Å². The van der Waals surface area contributed by atoms with Crippen molar-refractivity contribution in [3.05, 3.63) is 47.9 Å². The Hall–Kier alpha value is -1.57. The molecule has 0 atom stereocenters. The second kappa shape index (κ2) is 5.38. The van der Waals surface area contributed by atoms with Crippen LogP contribution in [0.25, 0.3) is 5.57 Å². The van der Waals surface area contributed by atoms with Crippen molar-refractivity contribution in [2.24, 2.45) is 0 Å². The normalized spacial score (nSPS) is 20.3. The van der Waals surface area contributed by atoms with Gasteiger partial charge in [0.2, 0.25) is 0 Å². The molecule has 1 fully saturated rings. The van der Waals surface area contributed by atoms with Crippen LogP contribution in [0.3, 0.4) is 0 Å². The second-order valence-corrected chi connectivity index (χ2v) is 5.13. The second-order valence-electron chi connectivity index (χ2n) is 5.13. The molecule has 2 heteroatoms. The zero-order chi connectivity index (χ0) is 12.2. The number of aromatic nitrogens is 1. The van der Waals surface area contributed by atoms with Gasteiger partial charge in [-0.1, -0.05) is 12.1 Å². The molecule has 2 heterocycles. The molecule has 1 saturated heterocycles. The van der Waals surface area contributed by atoms with Crippen molar-refractivity contribution in [2.75, 3.05) is 13.1 Å². The van der Waals surface area contributed by atoms with E-state index in [1.165, 1.54) is 49.2 Å². The summed E-state index contributed by atoms with van der Waals surface area (Å²) < 4.78 is 0. The van der Waals surface area contributed by atoms with Crippen molar-refractivity contribution >= 4 is 5.57 Å². The van der Waals surface area contributed by atoms with Gasteiger partial charge in [-0.25, -0.2) is 0 Å². The van der Waals surface area contributed by atoms with E-state index in [1.54, 1.807) is 0 Å². The van der Waals surface area contributed by atoms with Crippen molar-refractivity contribution in [1.29, 1.82) is 0 Å². The van der Waals surface area contributed by atoms with E-state index in [0.717, 1.165) is 12.8 Å². The van der Waals surface area contributed by atoms with Crippen LogP contribution >= 0.6 is 0 Å². The molecule has 0 N–H and O–H groups in total. The van der Waals surface area contributed by atoms with Crippen LogP contribution < -0.4 is 0 Å². The lowest BCUT2D eigenvalue weighted by Gasteiger charge is -2.31. The van der Waals surface area contributed by atoms with Gasteiger partial charge in [0, 0.05) is 31.2 Å². The Labute approximate surface area is 109 Å². The minimum Gasteiger partial charge on any atom is -0.372 e. The highest BCUT2D eigenvalue weighted by Crippen LogP contribution is 2.28. The molecular formula is C16H20N2. The van der Waals surface area contributed by atoms with Gasteiger partial charge < -0.3 is 4.90 Å². The number of rotatable bonds is 2. The van der Waals surface area contributed by atoms with Crippen molar-refractivity contribution in [1.82, 2.24) is 9.88 Å². The highest BCUT2D eigenvalue weighted by atomic mass is 15.1. The Kier molecular flexibility index (Phi) is 3.44. The third-order valence-electron chi connectivity index (χ3n) is 3.84. The first kappa shape index (κ1) is 11.5. The summed E-state index contributed by atoms with van der Waals surface area (Å²) in [6, 6.07) is 4.19. The number of allylic oxidation sites excluding steroid dienone is 3. The fourth-order valence-electron chi connectivity index (χ4n) is 2.84. The Morgan fingerprint density at radius 2 is 2.00 bits per heavy atom. The average molecular weight is 240 g/mol. The summed E-state index contributed by atoms with van der Waals surface area (Å²) >= 11 is 0. The summed E-state index contributed by atoms with van der Waals surface area (Å²) in [6.45, 7) is 2.45. The van der Waals surface area contributed by atoms with Crippen molar-refractivity contribution < 1.29 is 0 Å². The fourth-order valence-corrected chi connectivity index (χ4v) is 2.84. The van der Waals surface area contributed by atoms with Crippen LogP contribution in [0.15, 0.2) is 42.4 Å². The third kappa shape index (κ3) is 2.47. The molecule has 3 rings (SSSR count). The van der Waals surface area contributed by atoms with E-state index in [9.17, 15) is 0 Å². The highest BCUT2D eigenvalue weighted by Gasteiger charge is 2.15. The van der Waals surface area contributed by atoms with Gasteiger partial charge >= 0.3 is 0 Å². The standard InChI is InChI=1S/C16H20N2/c1-2-10-18(11-3-1)16-8-4-6-14(12-16)15-7-5-9-17-13-15/h5,7-9,12-13H,1-4,6,10-11H2. The summed E-state index contributed by atoms with van der Waals surface area (Å²) in [5.74, 6) is 0. The number of hydrogen-bond acceptors (Lipinski definition) is 2. The van der Waals surface area contributed by atoms with Crippen LogP contribution in [0.2, 0.25) is 0 Å². The summed E-state index contributed by atoms with van der Waals surface area (Å²) in [5, 5.41) is 0. The topological polar surface area (TPSA) is 16.1 Å². The molecule has 1 aromatic rings. The lowest BCUT2D eigenvalue weighted by Crippen LogP contribution is -2.29. The first-order valence-electron chi connectivity index (χ1n) is 6.99. The number of piperidine rings is 1. The first-order chi connectivity index (χ1) is 8.93.